The third-order valence-electron chi connectivity index (χ3n) is 4.39. The number of alkyl halides is 3. The molecule has 2 N–H and O–H groups in total. The van der Waals surface area contributed by atoms with Crippen LogP contribution in [0, 0.1) is 5.92 Å². The van der Waals surface area contributed by atoms with Gasteiger partial charge in [-0.15, -0.1) is 24.0 Å². The highest BCUT2D eigenvalue weighted by molar-refractivity contribution is 14.0. The van der Waals surface area contributed by atoms with Gasteiger partial charge in [0.1, 0.15) is 18.5 Å². The molecule has 1 unspecified atom stereocenters. The lowest BCUT2D eigenvalue weighted by atomic mass is 10.2. The van der Waals surface area contributed by atoms with Gasteiger partial charge in [-0.25, -0.2) is 0 Å². The quantitative estimate of drug-likeness (QED) is 0.193. The molecule has 2 rings (SSSR count). The van der Waals surface area contributed by atoms with Crippen molar-refractivity contribution in [3.8, 4) is 5.75 Å². The first-order chi connectivity index (χ1) is 13.8. The maximum atomic E-state index is 12.6. The smallest absolute Gasteiger partial charge is 0.416 e. The summed E-state index contributed by atoms with van der Waals surface area (Å²) in [5.41, 5.74) is -0.741. The van der Waals surface area contributed by atoms with E-state index in [1.807, 2.05) is 18.9 Å². The highest BCUT2D eigenvalue weighted by atomic mass is 127. The summed E-state index contributed by atoms with van der Waals surface area (Å²) >= 11 is 0. The first-order valence-corrected chi connectivity index (χ1v) is 9.85. The van der Waals surface area contributed by atoms with Gasteiger partial charge in [0.15, 0.2) is 5.96 Å². The van der Waals surface area contributed by atoms with Crippen molar-refractivity contribution in [2.24, 2.45) is 10.9 Å². The summed E-state index contributed by atoms with van der Waals surface area (Å²) in [6.45, 7) is 4.77. The van der Waals surface area contributed by atoms with Gasteiger partial charge in [0.05, 0.1) is 18.7 Å². The molecular formula is C20H31F3IN3O3. The number of nitrogens with one attached hydrogen (secondary N) is 1. The Morgan fingerprint density at radius 3 is 2.53 bits per heavy atom. The van der Waals surface area contributed by atoms with Crippen molar-refractivity contribution >= 4 is 29.9 Å². The summed E-state index contributed by atoms with van der Waals surface area (Å²) in [5, 5.41) is 13.2. The molecule has 1 aliphatic rings. The molecule has 0 aromatic heterocycles. The molecule has 1 fully saturated rings. The molecule has 0 radical (unpaired) electrons. The molecule has 0 aliphatic heterocycles. The van der Waals surface area contributed by atoms with Gasteiger partial charge in [0, 0.05) is 26.7 Å². The number of likely N-dealkylation sites (N-methyl/N-ethyl adjacent to an activating group) is 1. The number of hydrogen-bond acceptors (Lipinski definition) is 4. The van der Waals surface area contributed by atoms with Crippen LogP contribution in [0.1, 0.15) is 25.3 Å². The molecule has 1 aromatic rings. The average Bonchev–Trinajstić information content (AvgIpc) is 3.50. The molecule has 0 heterocycles. The Balaban J connectivity index is 0.00000450. The number of aliphatic imine (C=N–C) groups is 1. The minimum Gasteiger partial charge on any atom is -0.491 e. The van der Waals surface area contributed by atoms with Gasteiger partial charge < -0.3 is 24.8 Å². The summed E-state index contributed by atoms with van der Waals surface area (Å²) in [6, 6.07) is 4.36. The Kier molecular flexibility index (Phi) is 11.8. The van der Waals surface area contributed by atoms with E-state index in [2.05, 4.69) is 10.3 Å². The number of ether oxygens (including phenoxy) is 2. The van der Waals surface area contributed by atoms with Crippen molar-refractivity contribution in [3.05, 3.63) is 29.8 Å². The molecule has 0 bridgehead atoms. The van der Waals surface area contributed by atoms with Gasteiger partial charge >= 0.3 is 6.18 Å². The Bertz CT molecular complexity index is 640. The Labute approximate surface area is 192 Å². The van der Waals surface area contributed by atoms with Crippen molar-refractivity contribution in [1.29, 1.82) is 0 Å². The number of hydrogen-bond donors (Lipinski definition) is 2. The third kappa shape index (κ3) is 10.2. The molecule has 1 aromatic carbocycles. The number of halogens is 4. The Hall–Kier alpha value is -1.27. The Morgan fingerprint density at radius 1 is 1.30 bits per heavy atom. The van der Waals surface area contributed by atoms with E-state index < -0.39 is 17.8 Å². The molecular weight excluding hydrogens is 514 g/mol. The second kappa shape index (κ2) is 13.2. The van der Waals surface area contributed by atoms with E-state index >= 15 is 0 Å². The van der Waals surface area contributed by atoms with Crippen LogP contribution < -0.4 is 10.1 Å². The molecule has 1 saturated carbocycles. The summed E-state index contributed by atoms with van der Waals surface area (Å²) in [5.74, 6) is 1.64. The van der Waals surface area contributed by atoms with E-state index in [0.29, 0.717) is 25.7 Å². The van der Waals surface area contributed by atoms with Crippen molar-refractivity contribution in [2.45, 2.75) is 32.0 Å². The lowest BCUT2D eigenvalue weighted by Crippen LogP contribution is -2.41. The fraction of sp³-hybridized carbons (Fsp3) is 0.650. The second-order valence-electron chi connectivity index (χ2n) is 7.12. The summed E-state index contributed by atoms with van der Waals surface area (Å²) in [4.78, 5) is 6.33. The van der Waals surface area contributed by atoms with Crippen LogP contribution >= 0.6 is 24.0 Å². The minimum atomic E-state index is -4.38. The first kappa shape index (κ1) is 26.8. The van der Waals surface area contributed by atoms with Crippen LogP contribution in [0.5, 0.6) is 5.75 Å². The molecule has 30 heavy (non-hydrogen) atoms. The summed E-state index contributed by atoms with van der Waals surface area (Å²) < 4.78 is 48.7. The van der Waals surface area contributed by atoms with Gasteiger partial charge in [-0.2, -0.15) is 13.2 Å². The van der Waals surface area contributed by atoms with E-state index in [-0.39, 0.29) is 42.9 Å². The molecule has 172 valence electrons. The summed E-state index contributed by atoms with van der Waals surface area (Å²) in [6.07, 6.45) is -2.76. The fourth-order valence-corrected chi connectivity index (χ4v) is 2.49. The standard InChI is InChI=1S/C20H30F3N3O3.HI/c1-3-24-19(26(2)10-11-28-13-15-4-5-15)25-12-17(27)14-29-18-8-6-16(7-9-18)20(21,22)23;/h6-9,15,17,27H,3-5,10-14H2,1-2H3,(H,24,25);1H. The van der Waals surface area contributed by atoms with Crippen LogP contribution in [-0.4, -0.2) is 68.6 Å². The van der Waals surface area contributed by atoms with Crippen LogP contribution in [-0.2, 0) is 10.9 Å². The number of nitrogens with zero attached hydrogens (tertiary/aromatic N) is 2. The van der Waals surface area contributed by atoms with Crippen LogP contribution in [0.2, 0.25) is 0 Å². The third-order valence-corrected chi connectivity index (χ3v) is 4.39. The van der Waals surface area contributed by atoms with Gasteiger partial charge in [-0.1, -0.05) is 0 Å². The van der Waals surface area contributed by atoms with Crippen molar-refractivity contribution in [2.75, 3.05) is 46.5 Å². The SMILES string of the molecule is CCNC(=NCC(O)COc1ccc(C(F)(F)F)cc1)N(C)CCOCC1CC1.I. The van der Waals surface area contributed by atoms with Gasteiger partial charge in [0.2, 0.25) is 0 Å². The van der Waals surface area contributed by atoms with Gasteiger partial charge in [-0.05, 0) is 49.9 Å². The van der Waals surface area contributed by atoms with Crippen LogP contribution in [0.25, 0.3) is 0 Å². The lowest BCUT2D eigenvalue weighted by Gasteiger charge is -2.22. The van der Waals surface area contributed by atoms with Gasteiger partial charge in [-0.3, -0.25) is 4.99 Å². The second-order valence-corrected chi connectivity index (χ2v) is 7.12. The van der Waals surface area contributed by atoms with Crippen LogP contribution in [0.3, 0.4) is 0 Å². The predicted octanol–water partition coefficient (Wildman–Crippen LogP) is 3.39. The number of guanidine groups is 1. The number of rotatable bonds is 11. The zero-order valence-corrected chi connectivity index (χ0v) is 19.7. The largest absolute Gasteiger partial charge is 0.491 e. The number of aliphatic hydroxyl groups excluding tert-OH is 1. The molecule has 6 nitrogen and oxygen atoms in total. The molecule has 0 spiro atoms. The molecule has 10 heteroatoms. The van der Waals surface area contributed by atoms with Crippen molar-refractivity contribution in [1.82, 2.24) is 10.2 Å². The van der Waals surface area contributed by atoms with E-state index in [4.69, 9.17) is 9.47 Å². The minimum absolute atomic E-state index is 0. The van der Waals surface area contributed by atoms with Gasteiger partial charge in [0.25, 0.3) is 0 Å². The molecule has 1 atom stereocenters. The average molecular weight is 545 g/mol. The predicted molar refractivity (Wildman–Crippen MR) is 121 cm³/mol. The first-order valence-electron chi connectivity index (χ1n) is 9.85. The number of aliphatic hydroxyl groups is 1. The maximum absolute atomic E-state index is 12.6. The fourth-order valence-electron chi connectivity index (χ4n) is 2.49. The molecule has 0 amide bonds. The van der Waals surface area contributed by atoms with Crippen LogP contribution in [0.4, 0.5) is 13.2 Å². The number of benzene rings is 1. The van der Waals surface area contributed by atoms with Crippen LogP contribution in [0.15, 0.2) is 29.3 Å². The normalized spacial score (nSPS) is 15.3. The molecule has 0 saturated heterocycles. The monoisotopic (exact) mass is 545 g/mol. The van der Waals surface area contributed by atoms with E-state index in [9.17, 15) is 18.3 Å². The lowest BCUT2D eigenvalue weighted by molar-refractivity contribution is -0.137. The summed E-state index contributed by atoms with van der Waals surface area (Å²) in [7, 11) is 1.90. The highest BCUT2D eigenvalue weighted by Gasteiger charge is 2.30. The Morgan fingerprint density at radius 2 is 1.97 bits per heavy atom. The van der Waals surface area contributed by atoms with E-state index in [1.165, 1.54) is 25.0 Å². The van der Waals surface area contributed by atoms with Crippen molar-refractivity contribution < 1.29 is 27.8 Å². The zero-order chi connectivity index (χ0) is 21.3. The zero-order valence-electron chi connectivity index (χ0n) is 17.3. The topological polar surface area (TPSA) is 66.3 Å². The van der Waals surface area contributed by atoms with E-state index in [1.54, 1.807) is 0 Å². The molecule has 1 aliphatic carbocycles. The van der Waals surface area contributed by atoms with E-state index in [0.717, 1.165) is 24.7 Å². The maximum Gasteiger partial charge on any atom is 0.416 e. The highest BCUT2D eigenvalue weighted by Crippen LogP contribution is 2.30. The van der Waals surface area contributed by atoms with Crippen molar-refractivity contribution in [3.63, 3.8) is 0 Å².